The summed E-state index contributed by atoms with van der Waals surface area (Å²) in [7, 11) is 0. The van der Waals surface area contributed by atoms with Crippen molar-refractivity contribution in [3.8, 4) is 5.75 Å². The van der Waals surface area contributed by atoms with Crippen LogP contribution < -0.4 is 10.1 Å². The van der Waals surface area contributed by atoms with E-state index in [1.54, 1.807) is 24.4 Å². The predicted molar refractivity (Wildman–Crippen MR) is 95.3 cm³/mol. The van der Waals surface area contributed by atoms with Crippen LogP contribution in [0.5, 0.6) is 5.75 Å². The SMILES string of the molecule is O=C1NC=CCN=C1CN1CCCC(COc2ccccc2F)CC1. The number of benzene rings is 1. The van der Waals surface area contributed by atoms with E-state index in [9.17, 15) is 9.18 Å². The van der Waals surface area contributed by atoms with E-state index in [1.807, 2.05) is 6.08 Å². The zero-order valence-electron chi connectivity index (χ0n) is 14.3. The number of hydrogen-bond donors (Lipinski definition) is 1. The molecule has 0 radical (unpaired) electrons. The summed E-state index contributed by atoms with van der Waals surface area (Å²) in [5, 5.41) is 2.72. The van der Waals surface area contributed by atoms with E-state index >= 15 is 0 Å². The maximum atomic E-state index is 13.6. The highest BCUT2D eigenvalue weighted by atomic mass is 19.1. The molecule has 0 aliphatic carbocycles. The predicted octanol–water partition coefficient (Wildman–Crippen LogP) is 2.39. The molecule has 134 valence electrons. The minimum atomic E-state index is -0.316. The topological polar surface area (TPSA) is 53.9 Å². The van der Waals surface area contributed by atoms with Crippen LogP contribution in [0.2, 0.25) is 0 Å². The molecule has 1 fully saturated rings. The summed E-state index contributed by atoms with van der Waals surface area (Å²) >= 11 is 0. The molecule has 1 unspecified atom stereocenters. The fourth-order valence-electron chi connectivity index (χ4n) is 3.16. The van der Waals surface area contributed by atoms with Crippen molar-refractivity contribution in [1.29, 1.82) is 0 Å². The first kappa shape index (κ1) is 17.6. The molecule has 1 amide bonds. The van der Waals surface area contributed by atoms with Gasteiger partial charge in [-0.1, -0.05) is 12.1 Å². The van der Waals surface area contributed by atoms with Gasteiger partial charge in [-0.05, 0) is 56.5 Å². The molecule has 0 aromatic heterocycles. The summed E-state index contributed by atoms with van der Waals surface area (Å²) in [5.41, 5.74) is 0.589. The van der Waals surface area contributed by atoms with E-state index in [1.165, 1.54) is 6.07 Å². The zero-order valence-corrected chi connectivity index (χ0v) is 14.3. The Kier molecular flexibility index (Phi) is 6.17. The first-order valence-corrected chi connectivity index (χ1v) is 8.81. The Morgan fingerprint density at radius 2 is 2.16 bits per heavy atom. The number of amides is 1. The van der Waals surface area contributed by atoms with Gasteiger partial charge in [0.15, 0.2) is 11.6 Å². The highest BCUT2D eigenvalue weighted by Crippen LogP contribution is 2.21. The second kappa shape index (κ2) is 8.76. The van der Waals surface area contributed by atoms with Gasteiger partial charge in [-0.25, -0.2) is 4.39 Å². The van der Waals surface area contributed by atoms with Gasteiger partial charge in [0.1, 0.15) is 5.71 Å². The maximum Gasteiger partial charge on any atom is 0.270 e. The van der Waals surface area contributed by atoms with Crippen LogP contribution in [0.4, 0.5) is 4.39 Å². The lowest BCUT2D eigenvalue weighted by molar-refractivity contribution is -0.114. The molecule has 2 heterocycles. The summed E-state index contributed by atoms with van der Waals surface area (Å²) < 4.78 is 19.3. The van der Waals surface area contributed by atoms with Crippen molar-refractivity contribution in [2.24, 2.45) is 10.9 Å². The number of carbonyl (C=O) groups excluding carboxylic acids is 1. The van der Waals surface area contributed by atoms with Crippen molar-refractivity contribution in [1.82, 2.24) is 10.2 Å². The average Bonchev–Trinajstić information content (AvgIpc) is 2.96. The Labute approximate surface area is 147 Å². The number of likely N-dealkylation sites (tertiary alicyclic amines) is 1. The number of nitrogens with zero attached hydrogens (tertiary/aromatic N) is 2. The number of halogens is 1. The third-order valence-corrected chi connectivity index (χ3v) is 4.61. The Balaban J connectivity index is 1.48. The molecular weight excluding hydrogens is 321 g/mol. The van der Waals surface area contributed by atoms with Gasteiger partial charge in [0.2, 0.25) is 0 Å². The summed E-state index contributed by atoms with van der Waals surface area (Å²) in [6, 6.07) is 6.51. The Morgan fingerprint density at radius 3 is 3.04 bits per heavy atom. The van der Waals surface area contributed by atoms with Gasteiger partial charge in [0, 0.05) is 12.7 Å². The summed E-state index contributed by atoms with van der Waals surface area (Å²) in [6.45, 7) is 3.48. The molecule has 5 nitrogen and oxygen atoms in total. The maximum absolute atomic E-state index is 13.6. The van der Waals surface area contributed by atoms with Crippen LogP contribution in [0.15, 0.2) is 41.5 Å². The summed E-state index contributed by atoms with van der Waals surface area (Å²) in [6.07, 6.45) is 6.55. The van der Waals surface area contributed by atoms with Crippen LogP contribution in [0, 0.1) is 11.7 Å². The largest absolute Gasteiger partial charge is 0.490 e. The van der Waals surface area contributed by atoms with Crippen molar-refractivity contribution in [3.63, 3.8) is 0 Å². The zero-order chi connectivity index (χ0) is 17.5. The monoisotopic (exact) mass is 345 g/mol. The average molecular weight is 345 g/mol. The molecule has 6 heteroatoms. The number of para-hydroxylation sites is 1. The molecule has 1 saturated heterocycles. The standard InChI is InChI=1S/C19H24FN3O2/c20-16-6-1-2-7-18(16)25-14-15-5-3-11-23(12-8-15)13-17-19(24)22-10-4-9-21-17/h1-2,4,6-7,10,15H,3,5,8-9,11-14H2,(H,22,24). The van der Waals surface area contributed by atoms with E-state index in [4.69, 9.17) is 4.74 Å². The van der Waals surface area contributed by atoms with Gasteiger partial charge in [-0.15, -0.1) is 0 Å². The fourth-order valence-corrected chi connectivity index (χ4v) is 3.16. The highest BCUT2D eigenvalue weighted by Gasteiger charge is 2.21. The third-order valence-electron chi connectivity index (χ3n) is 4.61. The molecule has 1 atom stereocenters. The van der Waals surface area contributed by atoms with Crippen LogP contribution in [0.3, 0.4) is 0 Å². The number of ether oxygens (including phenoxy) is 1. The van der Waals surface area contributed by atoms with Gasteiger partial charge < -0.3 is 10.1 Å². The molecule has 1 aromatic carbocycles. The van der Waals surface area contributed by atoms with Crippen molar-refractivity contribution in [2.75, 3.05) is 32.8 Å². The minimum Gasteiger partial charge on any atom is -0.490 e. The van der Waals surface area contributed by atoms with Crippen LogP contribution in [0.25, 0.3) is 0 Å². The lowest BCUT2D eigenvalue weighted by Gasteiger charge is -2.20. The van der Waals surface area contributed by atoms with E-state index < -0.39 is 0 Å². The number of nitrogens with one attached hydrogen (secondary N) is 1. The van der Waals surface area contributed by atoms with Gasteiger partial charge in [-0.2, -0.15) is 0 Å². The quantitative estimate of drug-likeness (QED) is 0.891. The van der Waals surface area contributed by atoms with Gasteiger partial charge in [0.05, 0.1) is 13.2 Å². The first-order valence-electron chi connectivity index (χ1n) is 8.81. The van der Waals surface area contributed by atoms with Crippen LogP contribution in [-0.4, -0.2) is 49.3 Å². The molecule has 0 spiro atoms. The second-order valence-electron chi connectivity index (χ2n) is 6.48. The molecule has 0 bridgehead atoms. The van der Waals surface area contributed by atoms with E-state index in [0.717, 1.165) is 32.4 Å². The molecule has 2 aliphatic heterocycles. The molecule has 25 heavy (non-hydrogen) atoms. The summed E-state index contributed by atoms with van der Waals surface area (Å²) in [5.74, 6) is 0.290. The van der Waals surface area contributed by atoms with E-state index in [0.29, 0.717) is 37.1 Å². The molecule has 1 aromatic rings. The van der Waals surface area contributed by atoms with Crippen LogP contribution >= 0.6 is 0 Å². The number of aliphatic imine (C=N–C) groups is 1. The molecular formula is C19H24FN3O2. The Bertz CT molecular complexity index is 660. The lowest BCUT2D eigenvalue weighted by atomic mass is 10.0. The minimum absolute atomic E-state index is 0.113. The molecule has 0 saturated carbocycles. The van der Waals surface area contributed by atoms with Crippen molar-refractivity contribution < 1.29 is 13.9 Å². The smallest absolute Gasteiger partial charge is 0.270 e. The van der Waals surface area contributed by atoms with E-state index in [2.05, 4.69) is 15.2 Å². The molecule has 3 rings (SSSR count). The number of hydrogen-bond acceptors (Lipinski definition) is 4. The van der Waals surface area contributed by atoms with Crippen LogP contribution in [0.1, 0.15) is 19.3 Å². The van der Waals surface area contributed by atoms with Gasteiger partial charge >= 0.3 is 0 Å². The Hall–Kier alpha value is -2.21. The fraction of sp³-hybridized carbons (Fsp3) is 0.474. The second-order valence-corrected chi connectivity index (χ2v) is 6.48. The molecule has 1 N–H and O–H groups in total. The molecule has 2 aliphatic rings. The van der Waals surface area contributed by atoms with Crippen molar-refractivity contribution in [2.45, 2.75) is 19.3 Å². The summed E-state index contributed by atoms with van der Waals surface area (Å²) in [4.78, 5) is 18.6. The first-order chi connectivity index (χ1) is 12.2. The Morgan fingerprint density at radius 1 is 1.28 bits per heavy atom. The van der Waals surface area contributed by atoms with Crippen LogP contribution in [-0.2, 0) is 4.79 Å². The number of rotatable bonds is 5. The van der Waals surface area contributed by atoms with Crippen molar-refractivity contribution >= 4 is 11.6 Å². The van der Waals surface area contributed by atoms with Gasteiger partial charge in [-0.3, -0.25) is 14.7 Å². The third kappa shape index (κ3) is 5.13. The lowest BCUT2D eigenvalue weighted by Crippen LogP contribution is -2.38. The van der Waals surface area contributed by atoms with E-state index in [-0.39, 0.29) is 11.7 Å². The highest BCUT2D eigenvalue weighted by molar-refractivity contribution is 6.40. The number of carbonyl (C=O) groups is 1. The van der Waals surface area contributed by atoms with Crippen molar-refractivity contribution in [3.05, 3.63) is 42.4 Å². The normalized spacial score (nSPS) is 21.9. The van der Waals surface area contributed by atoms with Gasteiger partial charge in [0.25, 0.3) is 5.91 Å².